The highest BCUT2D eigenvalue weighted by molar-refractivity contribution is 5.78. The summed E-state index contributed by atoms with van der Waals surface area (Å²) in [6.07, 6.45) is 17.6. The Morgan fingerprint density at radius 3 is 2.49 bits per heavy atom. The lowest BCUT2D eigenvalue weighted by molar-refractivity contribution is -0.342. The fourth-order valence-electron chi connectivity index (χ4n) is 11.1. The summed E-state index contributed by atoms with van der Waals surface area (Å²) < 4.78 is 39.5. The van der Waals surface area contributed by atoms with E-state index in [-0.39, 0.29) is 49.0 Å². The monoisotopic (exact) mass is 769 g/mol. The Balaban J connectivity index is 1.24. The highest BCUT2D eigenvalue weighted by atomic mass is 16.7. The summed E-state index contributed by atoms with van der Waals surface area (Å²) in [6, 6.07) is -0.698. The van der Waals surface area contributed by atoms with Gasteiger partial charge in [0, 0.05) is 38.7 Å². The summed E-state index contributed by atoms with van der Waals surface area (Å²) in [5, 5.41) is 33.5. The van der Waals surface area contributed by atoms with Gasteiger partial charge >= 0.3 is 5.97 Å². The van der Waals surface area contributed by atoms with Gasteiger partial charge < -0.3 is 43.8 Å². The third-order valence-corrected chi connectivity index (χ3v) is 14.3. The number of carbonyl (C=O) groups excluding carboxylic acids is 1. The van der Waals surface area contributed by atoms with Gasteiger partial charge in [-0.3, -0.25) is 4.79 Å². The minimum Gasteiger partial charge on any atom is -0.462 e. The number of aliphatic hydroxyl groups is 2. The van der Waals surface area contributed by atoms with E-state index in [1.165, 1.54) is 32.1 Å². The molecule has 0 aromatic carbocycles. The number of ether oxygens (including phenoxy) is 6. The average Bonchev–Trinajstić information content (AvgIpc) is 3.50. The number of rotatable bonds is 5. The third-order valence-electron chi connectivity index (χ3n) is 14.3. The molecule has 308 valence electrons. The molecule has 4 heterocycles. The maximum absolute atomic E-state index is 14.4. The lowest BCUT2D eigenvalue weighted by Crippen LogP contribution is -2.61. The zero-order valence-corrected chi connectivity index (χ0v) is 33.9. The Hall–Kier alpha value is -1.93. The van der Waals surface area contributed by atoms with Gasteiger partial charge in [-0.2, -0.15) is 5.48 Å². The molecule has 5 fully saturated rings. The first kappa shape index (κ1) is 41.2. The predicted molar refractivity (Wildman–Crippen MR) is 206 cm³/mol. The molecule has 0 aromatic rings. The van der Waals surface area contributed by atoms with E-state index in [1.807, 2.05) is 26.0 Å². The summed E-state index contributed by atoms with van der Waals surface area (Å²) in [4.78, 5) is 14.4. The number of hydroxylamine groups is 1. The van der Waals surface area contributed by atoms with Crippen molar-refractivity contribution in [2.24, 2.45) is 29.6 Å². The van der Waals surface area contributed by atoms with E-state index in [4.69, 9.17) is 28.4 Å². The standard InChI is InChI=1S/C44H67NO10/c1-25-11-10-14-31-24-51-41-37(45-49)28(4)20-35(44(31,41)48)42(47)53-34-21-32(16-15-26(2)39(25)52-33-19-29(5)38(46)36(22-33)50-6)54-43(23-34)18-17-27(3)40(55-43)30-12-8-7-9-13-30/h10-11,14-15,20,25,27,29-30,32-41,45-46,48-49H,7-9,12-13,16-19,21-24H2,1-6H3/b11-10+,26-15+,31-14+/t25-,27-,29+,32?,33+,34-,35-,36-,37+,38-,39?,40-,41+,43+,44+/m0/s1. The fourth-order valence-corrected chi connectivity index (χ4v) is 11.1. The molecule has 0 amide bonds. The highest BCUT2D eigenvalue weighted by Crippen LogP contribution is 2.49. The van der Waals surface area contributed by atoms with Crippen molar-refractivity contribution < 1.29 is 48.6 Å². The minimum absolute atomic E-state index is 0.0336. The molecule has 55 heavy (non-hydrogen) atoms. The average molecular weight is 770 g/mol. The zero-order valence-electron chi connectivity index (χ0n) is 33.9. The zero-order chi connectivity index (χ0) is 39.1. The fraction of sp³-hybridized carbons (Fsp3) is 0.795. The van der Waals surface area contributed by atoms with E-state index >= 15 is 0 Å². The summed E-state index contributed by atoms with van der Waals surface area (Å²) in [6.45, 7) is 10.5. The van der Waals surface area contributed by atoms with E-state index in [1.54, 1.807) is 13.2 Å². The maximum atomic E-state index is 14.4. The van der Waals surface area contributed by atoms with Crippen LogP contribution < -0.4 is 5.48 Å². The van der Waals surface area contributed by atoms with Crippen molar-refractivity contribution in [1.82, 2.24) is 5.48 Å². The van der Waals surface area contributed by atoms with Crippen LogP contribution in [0.1, 0.15) is 112 Å². The van der Waals surface area contributed by atoms with Gasteiger partial charge in [0.1, 0.15) is 23.7 Å². The Morgan fingerprint density at radius 2 is 1.75 bits per heavy atom. The van der Waals surface area contributed by atoms with Crippen LogP contribution in [-0.2, 0) is 33.2 Å². The van der Waals surface area contributed by atoms with Crippen LogP contribution in [-0.4, -0.2) is 101 Å². The molecule has 2 bridgehead atoms. The molecule has 1 spiro atoms. The van der Waals surface area contributed by atoms with Crippen molar-refractivity contribution in [2.75, 3.05) is 13.7 Å². The van der Waals surface area contributed by atoms with Crippen LogP contribution >= 0.6 is 0 Å². The summed E-state index contributed by atoms with van der Waals surface area (Å²) in [7, 11) is 1.65. The SMILES string of the molecule is CO[C@H]1C[C@H](OC2/C(C)=C/CC3C[C@@H](C[C@]4(CC[C@H](C)[C@@H](C5CCCCC5)O4)O3)OC(=O)[C@@H]3C=C(C)[C@@H](NO)[C@H]4OC/C(=C\C=C\[C@@H]2C)[C@]43O)C[C@@H](C)[C@@H]1O. The van der Waals surface area contributed by atoms with Gasteiger partial charge in [0.15, 0.2) is 5.79 Å². The molecule has 4 aliphatic heterocycles. The smallest absolute Gasteiger partial charge is 0.316 e. The summed E-state index contributed by atoms with van der Waals surface area (Å²) >= 11 is 0. The molecule has 3 aliphatic carbocycles. The third kappa shape index (κ3) is 8.35. The number of aliphatic hydroxyl groups excluding tert-OH is 1. The van der Waals surface area contributed by atoms with Gasteiger partial charge in [-0.05, 0) is 74.9 Å². The number of hydrogen-bond donors (Lipinski definition) is 4. The number of hydrogen-bond acceptors (Lipinski definition) is 11. The highest BCUT2D eigenvalue weighted by Gasteiger charge is 2.60. The second kappa shape index (κ2) is 17.1. The Bertz CT molecular complexity index is 1490. The van der Waals surface area contributed by atoms with Gasteiger partial charge in [0.25, 0.3) is 0 Å². The van der Waals surface area contributed by atoms with Gasteiger partial charge in [-0.1, -0.05) is 76.0 Å². The number of allylic oxidation sites excluding steroid dienone is 2. The molecular weight excluding hydrogens is 702 g/mol. The molecule has 7 aliphatic rings. The van der Waals surface area contributed by atoms with Crippen molar-refractivity contribution in [2.45, 2.75) is 178 Å². The van der Waals surface area contributed by atoms with Crippen molar-refractivity contribution >= 4 is 5.97 Å². The van der Waals surface area contributed by atoms with E-state index < -0.39 is 47.6 Å². The van der Waals surface area contributed by atoms with Crippen LogP contribution in [0.2, 0.25) is 0 Å². The Labute approximate surface area is 327 Å². The quantitative estimate of drug-likeness (QED) is 0.143. The minimum atomic E-state index is -1.74. The molecule has 2 saturated carbocycles. The molecule has 0 aromatic heterocycles. The van der Waals surface area contributed by atoms with Crippen LogP contribution in [0.3, 0.4) is 0 Å². The van der Waals surface area contributed by atoms with Gasteiger partial charge in [-0.15, -0.1) is 0 Å². The normalized spacial score (nSPS) is 48.5. The molecule has 0 radical (unpaired) electrons. The van der Waals surface area contributed by atoms with Crippen LogP contribution in [0.4, 0.5) is 0 Å². The first-order chi connectivity index (χ1) is 26.4. The number of esters is 1. The van der Waals surface area contributed by atoms with Crippen molar-refractivity contribution in [3.05, 3.63) is 47.1 Å². The first-order valence-corrected chi connectivity index (χ1v) is 21.2. The van der Waals surface area contributed by atoms with Crippen LogP contribution in [0.25, 0.3) is 0 Å². The van der Waals surface area contributed by atoms with Crippen LogP contribution in [0.15, 0.2) is 47.1 Å². The molecule has 2 unspecified atom stereocenters. The second-order valence-electron chi connectivity index (χ2n) is 18.2. The van der Waals surface area contributed by atoms with Gasteiger partial charge in [-0.25, -0.2) is 0 Å². The van der Waals surface area contributed by atoms with Crippen LogP contribution in [0.5, 0.6) is 0 Å². The topological polar surface area (TPSA) is 145 Å². The number of methoxy groups -OCH3 is 1. The maximum Gasteiger partial charge on any atom is 0.316 e. The van der Waals surface area contributed by atoms with Crippen molar-refractivity contribution in [1.29, 1.82) is 0 Å². The Kier molecular flexibility index (Phi) is 12.8. The second-order valence-corrected chi connectivity index (χ2v) is 18.2. The van der Waals surface area contributed by atoms with Crippen molar-refractivity contribution in [3.63, 3.8) is 0 Å². The molecule has 4 N–H and O–H groups in total. The van der Waals surface area contributed by atoms with Crippen LogP contribution in [0, 0.1) is 29.6 Å². The molecule has 15 atom stereocenters. The lowest BCUT2D eigenvalue weighted by Gasteiger charge is -2.51. The predicted octanol–water partition coefficient (Wildman–Crippen LogP) is 6.25. The van der Waals surface area contributed by atoms with Crippen molar-refractivity contribution in [3.8, 4) is 0 Å². The molecular formula is C44H67NO10. The Morgan fingerprint density at radius 1 is 0.964 bits per heavy atom. The van der Waals surface area contributed by atoms with Gasteiger partial charge in [0.2, 0.25) is 0 Å². The lowest BCUT2D eigenvalue weighted by atomic mass is 9.70. The molecule has 11 nitrogen and oxygen atoms in total. The number of carbonyl (C=O) groups is 1. The molecule has 11 heteroatoms. The van der Waals surface area contributed by atoms with E-state index in [2.05, 4.69) is 38.4 Å². The largest absolute Gasteiger partial charge is 0.462 e. The molecule has 3 saturated heterocycles. The number of fused-ring (bicyclic) bond motifs is 2. The van der Waals surface area contributed by atoms with Gasteiger partial charge in [0.05, 0.1) is 49.3 Å². The first-order valence-electron chi connectivity index (χ1n) is 21.2. The van der Waals surface area contributed by atoms with E-state index in [0.29, 0.717) is 48.7 Å². The summed E-state index contributed by atoms with van der Waals surface area (Å²) in [5.41, 5.74) is 2.89. The number of nitrogens with one attached hydrogen (secondary N) is 1. The summed E-state index contributed by atoms with van der Waals surface area (Å²) in [5.74, 6) is -1.54. The van der Waals surface area contributed by atoms with E-state index in [9.17, 15) is 20.2 Å². The molecule has 7 rings (SSSR count). The van der Waals surface area contributed by atoms with E-state index in [0.717, 1.165) is 24.8 Å².